The highest BCUT2D eigenvalue weighted by Gasteiger charge is 2.12. The molecule has 1 N–H and O–H groups in total. The number of anilines is 1. The number of carboxylic acid groups (broad SMARTS) is 1. The lowest BCUT2D eigenvalue weighted by atomic mass is 10.2. The van der Waals surface area contributed by atoms with E-state index >= 15 is 0 Å². The smallest absolute Gasteiger partial charge is 0.337 e. The van der Waals surface area contributed by atoms with Crippen LogP contribution in [0.3, 0.4) is 0 Å². The van der Waals surface area contributed by atoms with Crippen molar-refractivity contribution in [1.29, 1.82) is 0 Å². The first-order chi connectivity index (χ1) is 7.60. The van der Waals surface area contributed by atoms with Crippen LogP contribution in [0, 0.1) is 0 Å². The standard InChI is InChI=1S/C12H18N2O2/c1-4-9(3)14(5-2)11-7-6-10(8-13-11)12(15)16/h6-9H,4-5H2,1-3H3,(H,15,16). The molecule has 16 heavy (non-hydrogen) atoms. The molecule has 0 amide bonds. The van der Waals surface area contributed by atoms with E-state index in [1.165, 1.54) is 6.20 Å². The van der Waals surface area contributed by atoms with Gasteiger partial charge in [-0.2, -0.15) is 0 Å². The first-order valence-corrected chi connectivity index (χ1v) is 5.56. The lowest BCUT2D eigenvalue weighted by Crippen LogP contribution is -2.32. The quantitative estimate of drug-likeness (QED) is 0.831. The van der Waals surface area contributed by atoms with Crippen molar-refractivity contribution in [2.24, 2.45) is 0 Å². The van der Waals surface area contributed by atoms with Crippen LogP contribution in [0.2, 0.25) is 0 Å². The van der Waals surface area contributed by atoms with Crippen molar-refractivity contribution in [3.63, 3.8) is 0 Å². The summed E-state index contributed by atoms with van der Waals surface area (Å²) in [6.45, 7) is 7.20. The average molecular weight is 222 g/mol. The third kappa shape index (κ3) is 2.72. The molecule has 1 aromatic heterocycles. The predicted molar refractivity (Wildman–Crippen MR) is 64.0 cm³/mol. The molecule has 0 spiro atoms. The van der Waals surface area contributed by atoms with E-state index < -0.39 is 5.97 Å². The second-order valence-corrected chi connectivity index (χ2v) is 3.75. The number of hydrogen-bond acceptors (Lipinski definition) is 3. The Balaban J connectivity index is 2.90. The van der Waals surface area contributed by atoms with Crippen molar-refractivity contribution in [1.82, 2.24) is 4.98 Å². The van der Waals surface area contributed by atoms with Crippen LogP contribution in [0.4, 0.5) is 5.82 Å². The fourth-order valence-corrected chi connectivity index (χ4v) is 1.60. The molecule has 0 fully saturated rings. The summed E-state index contributed by atoms with van der Waals surface area (Å²) in [7, 11) is 0. The molecule has 0 saturated carbocycles. The van der Waals surface area contributed by atoms with E-state index in [1.54, 1.807) is 12.1 Å². The van der Waals surface area contributed by atoms with Crippen molar-refractivity contribution < 1.29 is 9.90 Å². The van der Waals surface area contributed by atoms with Crippen molar-refractivity contribution in [2.75, 3.05) is 11.4 Å². The highest BCUT2D eigenvalue weighted by atomic mass is 16.4. The zero-order valence-corrected chi connectivity index (χ0v) is 9.97. The molecule has 1 rings (SSSR count). The lowest BCUT2D eigenvalue weighted by Gasteiger charge is -2.28. The highest BCUT2D eigenvalue weighted by molar-refractivity contribution is 5.87. The maximum Gasteiger partial charge on any atom is 0.337 e. The average Bonchev–Trinajstić information content (AvgIpc) is 2.30. The van der Waals surface area contributed by atoms with E-state index in [9.17, 15) is 4.79 Å². The SMILES string of the molecule is CCC(C)N(CC)c1ccc(C(=O)O)cn1. The number of aromatic nitrogens is 1. The van der Waals surface area contributed by atoms with E-state index in [2.05, 4.69) is 30.7 Å². The van der Waals surface area contributed by atoms with Gasteiger partial charge in [-0.3, -0.25) is 0 Å². The van der Waals surface area contributed by atoms with Crippen molar-refractivity contribution in [3.05, 3.63) is 23.9 Å². The Morgan fingerprint density at radius 3 is 2.56 bits per heavy atom. The van der Waals surface area contributed by atoms with Gasteiger partial charge < -0.3 is 10.0 Å². The van der Waals surface area contributed by atoms with Gasteiger partial charge in [0.05, 0.1) is 5.56 Å². The summed E-state index contributed by atoms with van der Waals surface area (Å²) < 4.78 is 0. The third-order valence-electron chi connectivity index (χ3n) is 2.75. The summed E-state index contributed by atoms with van der Waals surface area (Å²) in [5.41, 5.74) is 0.226. The van der Waals surface area contributed by atoms with Gasteiger partial charge in [0.2, 0.25) is 0 Å². The number of nitrogens with zero attached hydrogens (tertiary/aromatic N) is 2. The van der Waals surface area contributed by atoms with Crippen LogP contribution < -0.4 is 4.90 Å². The first-order valence-electron chi connectivity index (χ1n) is 5.56. The molecule has 0 aliphatic carbocycles. The summed E-state index contributed by atoms with van der Waals surface area (Å²) in [5, 5.41) is 8.77. The van der Waals surface area contributed by atoms with Gasteiger partial charge in [-0.1, -0.05) is 6.92 Å². The van der Waals surface area contributed by atoms with E-state index in [0.717, 1.165) is 18.8 Å². The molecule has 0 aromatic carbocycles. The van der Waals surface area contributed by atoms with Crippen LogP contribution in [0.1, 0.15) is 37.6 Å². The van der Waals surface area contributed by atoms with Gasteiger partial charge in [-0.15, -0.1) is 0 Å². The zero-order valence-electron chi connectivity index (χ0n) is 9.97. The Morgan fingerprint density at radius 1 is 1.50 bits per heavy atom. The molecular formula is C12H18N2O2. The predicted octanol–water partition coefficient (Wildman–Crippen LogP) is 2.40. The van der Waals surface area contributed by atoms with Gasteiger partial charge in [0.1, 0.15) is 5.82 Å². The fraction of sp³-hybridized carbons (Fsp3) is 0.500. The Labute approximate surface area is 95.9 Å². The largest absolute Gasteiger partial charge is 0.478 e. The van der Waals surface area contributed by atoms with E-state index in [0.29, 0.717) is 6.04 Å². The van der Waals surface area contributed by atoms with Crippen molar-refractivity contribution in [2.45, 2.75) is 33.2 Å². The van der Waals surface area contributed by atoms with Gasteiger partial charge >= 0.3 is 5.97 Å². The maximum atomic E-state index is 10.7. The minimum absolute atomic E-state index is 0.226. The number of carbonyl (C=O) groups is 1. The highest BCUT2D eigenvalue weighted by Crippen LogP contribution is 2.15. The molecular weight excluding hydrogens is 204 g/mol. The molecule has 1 aromatic rings. The van der Waals surface area contributed by atoms with Crippen molar-refractivity contribution in [3.8, 4) is 0 Å². The summed E-state index contributed by atoms with van der Waals surface area (Å²) >= 11 is 0. The molecule has 1 heterocycles. The van der Waals surface area contributed by atoms with Gasteiger partial charge in [-0.25, -0.2) is 9.78 Å². The molecule has 0 aliphatic rings. The monoisotopic (exact) mass is 222 g/mol. The molecule has 0 saturated heterocycles. The maximum absolute atomic E-state index is 10.7. The molecule has 4 heteroatoms. The number of pyridine rings is 1. The number of aromatic carboxylic acids is 1. The summed E-state index contributed by atoms with van der Waals surface area (Å²) in [5.74, 6) is -0.104. The zero-order chi connectivity index (χ0) is 12.1. The summed E-state index contributed by atoms with van der Waals surface area (Å²) in [4.78, 5) is 17.0. The molecule has 4 nitrogen and oxygen atoms in total. The number of rotatable bonds is 5. The first kappa shape index (κ1) is 12.5. The summed E-state index contributed by atoms with van der Waals surface area (Å²) in [6, 6.07) is 3.77. The van der Waals surface area contributed by atoms with Gasteiger partial charge in [-0.05, 0) is 32.4 Å². The van der Waals surface area contributed by atoms with Crippen LogP contribution in [0.25, 0.3) is 0 Å². The Bertz CT molecular complexity index is 349. The molecule has 1 unspecified atom stereocenters. The minimum atomic E-state index is -0.939. The normalized spacial score (nSPS) is 12.2. The second-order valence-electron chi connectivity index (χ2n) is 3.75. The van der Waals surface area contributed by atoms with E-state index in [4.69, 9.17) is 5.11 Å². The molecule has 1 atom stereocenters. The van der Waals surface area contributed by atoms with Crippen LogP contribution >= 0.6 is 0 Å². The number of carboxylic acids is 1. The molecule has 0 bridgehead atoms. The van der Waals surface area contributed by atoms with E-state index in [1.807, 2.05) is 0 Å². The number of hydrogen-bond donors (Lipinski definition) is 1. The van der Waals surface area contributed by atoms with Crippen LogP contribution in [0.5, 0.6) is 0 Å². The molecule has 0 aliphatic heterocycles. The molecule has 88 valence electrons. The van der Waals surface area contributed by atoms with Gasteiger partial charge in [0.25, 0.3) is 0 Å². The molecule has 0 radical (unpaired) electrons. The van der Waals surface area contributed by atoms with E-state index in [-0.39, 0.29) is 5.56 Å². The van der Waals surface area contributed by atoms with Crippen LogP contribution in [0.15, 0.2) is 18.3 Å². The van der Waals surface area contributed by atoms with Crippen LogP contribution in [-0.2, 0) is 0 Å². The lowest BCUT2D eigenvalue weighted by molar-refractivity contribution is 0.0696. The minimum Gasteiger partial charge on any atom is -0.478 e. The second kappa shape index (κ2) is 5.49. The Hall–Kier alpha value is -1.58. The third-order valence-corrected chi connectivity index (χ3v) is 2.75. The van der Waals surface area contributed by atoms with Crippen molar-refractivity contribution >= 4 is 11.8 Å². The summed E-state index contributed by atoms with van der Waals surface area (Å²) in [6.07, 6.45) is 2.44. The Kier molecular flexibility index (Phi) is 4.28. The fourth-order valence-electron chi connectivity index (χ4n) is 1.60. The van der Waals surface area contributed by atoms with Gasteiger partial charge in [0.15, 0.2) is 0 Å². The van der Waals surface area contributed by atoms with Gasteiger partial charge in [0, 0.05) is 18.8 Å². The Morgan fingerprint density at radius 2 is 2.19 bits per heavy atom. The topological polar surface area (TPSA) is 53.4 Å². The van der Waals surface area contributed by atoms with Crippen LogP contribution in [-0.4, -0.2) is 28.6 Å².